The Morgan fingerprint density at radius 2 is 1.75 bits per heavy atom. The molecule has 0 heterocycles. The van der Waals surface area contributed by atoms with Gasteiger partial charge in [0.05, 0.1) is 0 Å². The fourth-order valence-electron chi connectivity index (χ4n) is 2.04. The zero-order chi connectivity index (χ0) is 14.5. The van der Waals surface area contributed by atoms with Crippen molar-refractivity contribution in [2.24, 2.45) is 0 Å². The molecule has 0 aliphatic carbocycles. The number of halogens is 2. The van der Waals surface area contributed by atoms with Gasteiger partial charge >= 0.3 is 0 Å². The van der Waals surface area contributed by atoms with E-state index in [1.807, 2.05) is 12.1 Å². The molecule has 0 spiro atoms. The largest absolute Gasteiger partial charge is 0.381 e. The first-order valence-electron chi connectivity index (χ1n) is 6.88. The number of rotatable bonds is 5. The van der Waals surface area contributed by atoms with Gasteiger partial charge in [0.1, 0.15) is 0 Å². The van der Waals surface area contributed by atoms with Crippen molar-refractivity contribution in [2.75, 3.05) is 5.32 Å². The average molecular weight is 308 g/mol. The fourth-order valence-corrected chi connectivity index (χ4v) is 2.42. The van der Waals surface area contributed by atoms with Gasteiger partial charge in [0, 0.05) is 22.3 Å². The van der Waals surface area contributed by atoms with Crippen LogP contribution in [-0.2, 0) is 6.54 Å². The Bertz CT molecular complexity index is 564. The van der Waals surface area contributed by atoms with Crippen molar-refractivity contribution in [1.82, 2.24) is 0 Å². The molecule has 0 aliphatic heterocycles. The summed E-state index contributed by atoms with van der Waals surface area (Å²) < 4.78 is 0. The van der Waals surface area contributed by atoms with E-state index in [1.165, 1.54) is 5.56 Å². The molecular weight excluding hydrogens is 289 g/mol. The number of anilines is 1. The average Bonchev–Trinajstić information content (AvgIpc) is 2.48. The molecule has 2 rings (SSSR count). The molecule has 0 saturated heterocycles. The summed E-state index contributed by atoms with van der Waals surface area (Å²) in [6.45, 7) is 5.12. The van der Waals surface area contributed by atoms with Crippen LogP contribution in [0.25, 0.3) is 0 Å². The highest BCUT2D eigenvalue weighted by Gasteiger charge is 2.04. The van der Waals surface area contributed by atoms with Gasteiger partial charge < -0.3 is 5.32 Å². The molecule has 0 aromatic heterocycles. The maximum atomic E-state index is 6.15. The van der Waals surface area contributed by atoms with E-state index >= 15 is 0 Å². The molecule has 0 amide bonds. The Morgan fingerprint density at radius 1 is 1.05 bits per heavy atom. The second-order valence-corrected chi connectivity index (χ2v) is 5.86. The lowest BCUT2D eigenvalue weighted by atomic mass is 9.99. The summed E-state index contributed by atoms with van der Waals surface area (Å²) in [4.78, 5) is 0. The second kappa shape index (κ2) is 7.01. The molecule has 1 atom stereocenters. The van der Waals surface area contributed by atoms with E-state index in [0.717, 1.165) is 22.7 Å². The second-order valence-electron chi connectivity index (χ2n) is 5.02. The molecule has 2 aromatic rings. The van der Waals surface area contributed by atoms with Gasteiger partial charge in [-0.15, -0.1) is 0 Å². The summed E-state index contributed by atoms with van der Waals surface area (Å²) in [7, 11) is 0. The molecule has 0 saturated carbocycles. The smallest absolute Gasteiger partial charge is 0.0456 e. The van der Waals surface area contributed by atoms with Crippen LogP contribution >= 0.6 is 23.2 Å². The van der Waals surface area contributed by atoms with Gasteiger partial charge in [-0.05, 0) is 53.8 Å². The summed E-state index contributed by atoms with van der Waals surface area (Å²) in [6.07, 6.45) is 1.16. The number of hydrogen-bond acceptors (Lipinski definition) is 1. The first-order valence-corrected chi connectivity index (χ1v) is 7.63. The minimum absolute atomic E-state index is 0.603. The highest BCUT2D eigenvalue weighted by atomic mass is 35.5. The maximum Gasteiger partial charge on any atom is 0.0456 e. The molecule has 1 unspecified atom stereocenters. The molecule has 1 nitrogen and oxygen atoms in total. The first-order chi connectivity index (χ1) is 9.60. The predicted octanol–water partition coefficient (Wildman–Crippen LogP) is 6.12. The van der Waals surface area contributed by atoms with Crippen molar-refractivity contribution >= 4 is 28.9 Å². The summed E-state index contributed by atoms with van der Waals surface area (Å²) in [5.74, 6) is 0.603. The minimum Gasteiger partial charge on any atom is -0.381 e. The van der Waals surface area contributed by atoms with Crippen molar-refractivity contribution < 1.29 is 0 Å². The Hall–Kier alpha value is -1.18. The van der Waals surface area contributed by atoms with Gasteiger partial charge in [0.25, 0.3) is 0 Å². The van der Waals surface area contributed by atoms with Crippen LogP contribution in [0, 0.1) is 0 Å². The van der Waals surface area contributed by atoms with Crippen molar-refractivity contribution in [3.8, 4) is 0 Å². The van der Waals surface area contributed by atoms with Gasteiger partial charge in [-0.25, -0.2) is 0 Å². The summed E-state index contributed by atoms with van der Waals surface area (Å²) in [5, 5.41) is 4.81. The Morgan fingerprint density at radius 3 is 2.40 bits per heavy atom. The lowest BCUT2D eigenvalue weighted by Gasteiger charge is -2.12. The highest BCUT2D eigenvalue weighted by Crippen LogP contribution is 2.23. The van der Waals surface area contributed by atoms with E-state index < -0.39 is 0 Å². The van der Waals surface area contributed by atoms with Gasteiger partial charge in [-0.3, -0.25) is 0 Å². The van der Waals surface area contributed by atoms with Crippen molar-refractivity contribution in [1.29, 1.82) is 0 Å². The molecule has 1 N–H and O–H groups in total. The topological polar surface area (TPSA) is 12.0 Å². The van der Waals surface area contributed by atoms with E-state index in [0.29, 0.717) is 17.5 Å². The van der Waals surface area contributed by atoms with Gasteiger partial charge in [0.2, 0.25) is 0 Å². The normalized spacial score (nSPS) is 12.2. The van der Waals surface area contributed by atoms with E-state index in [4.69, 9.17) is 23.2 Å². The van der Waals surface area contributed by atoms with Crippen LogP contribution in [0.5, 0.6) is 0 Å². The molecule has 2 aromatic carbocycles. The zero-order valence-electron chi connectivity index (χ0n) is 11.8. The maximum absolute atomic E-state index is 6.15. The summed E-state index contributed by atoms with van der Waals surface area (Å²) in [6, 6.07) is 14.1. The van der Waals surface area contributed by atoms with E-state index in [-0.39, 0.29) is 0 Å². The van der Waals surface area contributed by atoms with Crippen LogP contribution in [0.1, 0.15) is 37.3 Å². The van der Waals surface area contributed by atoms with E-state index in [1.54, 1.807) is 6.07 Å². The number of benzene rings is 2. The molecule has 106 valence electrons. The number of hydrogen-bond donors (Lipinski definition) is 1. The third-order valence-electron chi connectivity index (χ3n) is 3.58. The molecule has 3 heteroatoms. The Labute approximate surface area is 130 Å². The summed E-state index contributed by atoms with van der Waals surface area (Å²) in [5.41, 5.74) is 3.47. The number of nitrogens with one attached hydrogen (secondary N) is 1. The highest BCUT2D eigenvalue weighted by molar-refractivity contribution is 6.33. The third-order valence-corrected chi connectivity index (χ3v) is 4.19. The quantitative estimate of drug-likeness (QED) is 0.701. The van der Waals surface area contributed by atoms with Crippen molar-refractivity contribution in [3.05, 3.63) is 63.6 Å². The summed E-state index contributed by atoms with van der Waals surface area (Å²) >= 11 is 12.1. The molecule has 0 aliphatic rings. The molecular formula is C17H19Cl2N. The minimum atomic E-state index is 0.603. The standard InChI is InChI=1S/C17H19Cl2N/c1-3-12(2)13-4-7-16(8-5-13)20-11-14-10-15(18)6-9-17(14)19/h4-10,12,20H,3,11H2,1-2H3. The van der Waals surface area contributed by atoms with E-state index in [9.17, 15) is 0 Å². The van der Waals surface area contributed by atoms with Crippen LogP contribution in [0.15, 0.2) is 42.5 Å². The monoisotopic (exact) mass is 307 g/mol. The Balaban J connectivity index is 2.02. The van der Waals surface area contributed by atoms with Crippen LogP contribution in [0.3, 0.4) is 0 Å². The fraction of sp³-hybridized carbons (Fsp3) is 0.294. The lowest BCUT2D eigenvalue weighted by molar-refractivity contribution is 0.734. The Kier molecular flexibility index (Phi) is 5.33. The molecule has 0 bridgehead atoms. The van der Waals surface area contributed by atoms with Crippen molar-refractivity contribution in [3.63, 3.8) is 0 Å². The van der Waals surface area contributed by atoms with E-state index in [2.05, 4.69) is 43.4 Å². The van der Waals surface area contributed by atoms with Crippen LogP contribution in [0.2, 0.25) is 10.0 Å². The van der Waals surface area contributed by atoms with Crippen LogP contribution in [0.4, 0.5) is 5.69 Å². The third kappa shape index (κ3) is 3.91. The SMILES string of the molecule is CCC(C)c1ccc(NCc2cc(Cl)ccc2Cl)cc1. The molecule has 0 fully saturated rings. The first kappa shape index (κ1) is 15.2. The zero-order valence-corrected chi connectivity index (χ0v) is 13.3. The van der Waals surface area contributed by atoms with Gasteiger partial charge in [0.15, 0.2) is 0 Å². The molecule has 20 heavy (non-hydrogen) atoms. The van der Waals surface area contributed by atoms with Crippen LogP contribution < -0.4 is 5.32 Å². The van der Waals surface area contributed by atoms with Crippen molar-refractivity contribution in [2.45, 2.75) is 32.7 Å². The molecule has 0 radical (unpaired) electrons. The van der Waals surface area contributed by atoms with Gasteiger partial charge in [-0.2, -0.15) is 0 Å². The predicted molar refractivity (Wildman–Crippen MR) is 88.9 cm³/mol. The van der Waals surface area contributed by atoms with Gasteiger partial charge in [-0.1, -0.05) is 49.2 Å². The lowest BCUT2D eigenvalue weighted by Crippen LogP contribution is -2.00. The van der Waals surface area contributed by atoms with Crippen LogP contribution in [-0.4, -0.2) is 0 Å².